The summed E-state index contributed by atoms with van der Waals surface area (Å²) in [6.45, 7) is 12.5. The second-order valence-electron chi connectivity index (χ2n) is 6.20. The Balaban J connectivity index is 2.08. The lowest BCUT2D eigenvalue weighted by atomic mass is 10.1. The molecule has 0 spiro atoms. The normalized spacial score (nSPS) is 23.4. The van der Waals surface area contributed by atoms with Gasteiger partial charge in [0, 0.05) is 13.1 Å². The van der Waals surface area contributed by atoms with Gasteiger partial charge in [-0.25, -0.2) is 0 Å². The predicted octanol–water partition coefficient (Wildman–Crippen LogP) is 2.68. The molecule has 1 N–H and O–H groups in total. The summed E-state index contributed by atoms with van der Waals surface area (Å²) >= 11 is 0. The van der Waals surface area contributed by atoms with Crippen LogP contribution in [0.2, 0.25) is 0 Å². The number of hydrogen-bond donors (Lipinski definition) is 1. The van der Waals surface area contributed by atoms with Gasteiger partial charge in [-0.2, -0.15) is 0 Å². The maximum Gasteiger partial charge on any atom is 0.0707 e. The van der Waals surface area contributed by atoms with Gasteiger partial charge in [0.25, 0.3) is 0 Å². The molecular weight excluding hydrogens is 236 g/mol. The van der Waals surface area contributed by atoms with E-state index in [2.05, 4.69) is 37.7 Å². The molecule has 1 aliphatic rings. The number of ether oxygens (including phenoxy) is 1. The first-order chi connectivity index (χ1) is 9.11. The number of nitrogens with one attached hydrogen (secondary N) is 1. The zero-order valence-corrected chi connectivity index (χ0v) is 13.0. The van der Waals surface area contributed by atoms with E-state index in [1.54, 1.807) is 0 Å². The average Bonchev–Trinajstić information content (AvgIpc) is 2.76. The Hall–Kier alpha value is -0.380. The van der Waals surface area contributed by atoms with E-state index in [0.717, 1.165) is 32.6 Å². The smallest absolute Gasteiger partial charge is 0.0707 e. The Morgan fingerprint density at radius 2 is 2.11 bits per heavy atom. The largest absolute Gasteiger partial charge is 0.372 e. The van der Waals surface area contributed by atoms with Gasteiger partial charge in [-0.15, -0.1) is 6.58 Å². The quantitative estimate of drug-likeness (QED) is 0.487. The molecule has 0 aliphatic carbocycles. The molecule has 1 saturated heterocycles. The average molecular weight is 268 g/mol. The van der Waals surface area contributed by atoms with E-state index in [0.29, 0.717) is 18.1 Å². The number of nitrogens with zero attached hydrogens (tertiary/aromatic N) is 1. The second kappa shape index (κ2) is 9.51. The predicted molar refractivity (Wildman–Crippen MR) is 82.5 cm³/mol. The second-order valence-corrected chi connectivity index (χ2v) is 6.20. The minimum atomic E-state index is 0.422. The van der Waals surface area contributed by atoms with Crippen LogP contribution in [0.25, 0.3) is 0 Å². The number of unbranched alkanes of at least 4 members (excludes halogenated alkanes) is 1. The van der Waals surface area contributed by atoms with Crippen molar-refractivity contribution in [1.82, 2.24) is 10.2 Å². The van der Waals surface area contributed by atoms with Crippen molar-refractivity contribution in [3.63, 3.8) is 0 Å². The Bertz CT molecular complexity index is 243. The summed E-state index contributed by atoms with van der Waals surface area (Å²) in [6.07, 6.45) is 7.57. The monoisotopic (exact) mass is 268 g/mol. The van der Waals surface area contributed by atoms with Crippen molar-refractivity contribution in [2.75, 3.05) is 33.2 Å². The van der Waals surface area contributed by atoms with Gasteiger partial charge in [-0.05, 0) is 51.7 Å². The molecule has 2 unspecified atom stereocenters. The molecule has 1 fully saturated rings. The molecule has 2 atom stereocenters. The molecule has 0 amide bonds. The summed E-state index contributed by atoms with van der Waals surface area (Å²) in [7, 11) is 2.19. The summed E-state index contributed by atoms with van der Waals surface area (Å²) < 4.78 is 6.10. The van der Waals surface area contributed by atoms with Crippen molar-refractivity contribution in [3.05, 3.63) is 12.7 Å². The number of hydrogen-bond acceptors (Lipinski definition) is 3. The molecule has 0 aromatic heterocycles. The highest BCUT2D eigenvalue weighted by molar-refractivity contribution is 4.78. The lowest BCUT2D eigenvalue weighted by Crippen LogP contribution is -2.33. The molecule has 3 nitrogen and oxygen atoms in total. The lowest BCUT2D eigenvalue weighted by Gasteiger charge is -2.21. The molecule has 0 aromatic rings. The number of allylic oxidation sites excluding steroid dienone is 1. The summed E-state index contributed by atoms with van der Waals surface area (Å²) in [5, 5.41) is 3.49. The lowest BCUT2D eigenvalue weighted by molar-refractivity contribution is 0.0276. The first-order valence-electron chi connectivity index (χ1n) is 7.77. The van der Waals surface area contributed by atoms with Gasteiger partial charge in [-0.1, -0.05) is 19.9 Å². The van der Waals surface area contributed by atoms with Crippen molar-refractivity contribution in [3.8, 4) is 0 Å². The van der Waals surface area contributed by atoms with E-state index < -0.39 is 0 Å². The molecule has 0 bridgehead atoms. The van der Waals surface area contributed by atoms with Crippen LogP contribution in [0.1, 0.15) is 39.5 Å². The van der Waals surface area contributed by atoms with E-state index in [-0.39, 0.29) is 0 Å². The highest BCUT2D eigenvalue weighted by Crippen LogP contribution is 2.20. The Labute approximate surface area is 119 Å². The molecule has 1 rings (SSSR count). The van der Waals surface area contributed by atoms with Crippen LogP contribution >= 0.6 is 0 Å². The van der Waals surface area contributed by atoms with Gasteiger partial charge < -0.3 is 15.0 Å². The standard InChI is InChI=1S/C16H32N2O/c1-5-6-7-10-18(4)13-16-9-8-15(19-16)12-17-11-14(2)3/h5,14-17H,1,6-13H2,2-4H3. The Morgan fingerprint density at radius 1 is 1.37 bits per heavy atom. The van der Waals surface area contributed by atoms with Gasteiger partial charge in [0.1, 0.15) is 0 Å². The SMILES string of the molecule is C=CCCCN(C)CC1CCC(CNCC(C)C)O1. The van der Waals surface area contributed by atoms with Crippen LogP contribution in [0.4, 0.5) is 0 Å². The maximum absolute atomic E-state index is 6.10. The highest BCUT2D eigenvalue weighted by Gasteiger charge is 2.25. The van der Waals surface area contributed by atoms with Crippen LogP contribution in [0.5, 0.6) is 0 Å². The molecular formula is C16H32N2O. The maximum atomic E-state index is 6.10. The van der Waals surface area contributed by atoms with Gasteiger partial charge in [0.15, 0.2) is 0 Å². The van der Waals surface area contributed by atoms with Crippen molar-refractivity contribution < 1.29 is 4.74 Å². The highest BCUT2D eigenvalue weighted by atomic mass is 16.5. The summed E-state index contributed by atoms with van der Waals surface area (Å²) in [5.74, 6) is 0.716. The third-order valence-electron chi connectivity index (χ3n) is 3.58. The summed E-state index contributed by atoms with van der Waals surface area (Å²) in [5.41, 5.74) is 0. The molecule has 1 aliphatic heterocycles. The summed E-state index contributed by atoms with van der Waals surface area (Å²) in [6, 6.07) is 0. The molecule has 0 saturated carbocycles. The molecule has 19 heavy (non-hydrogen) atoms. The topological polar surface area (TPSA) is 24.5 Å². The first kappa shape index (κ1) is 16.7. The minimum absolute atomic E-state index is 0.422. The van der Waals surface area contributed by atoms with Gasteiger partial charge in [0.2, 0.25) is 0 Å². The number of likely N-dealkylation sites (N-methyl/N-ethyl adjacent to an activating group) is 1. The van der Waals surface area contributed by atoms with Crippen LogP contribution in [0.15, 0.2) is 12.7 Å². The van der Waals surface area contributed by atoms with Crippen LogP contribution in [0.3, 0.4) is 0 Å². The van der Waals surface area contributed by atoms with E-state index in [1.165, 1.54) is 19.3 Å². The Kier molecular flexibility index (Phi) is 8.35. The van der Waals surface area contributed by atoms with E-state index >= 15 is 0 Å². The minimum Gasteiger partial charge on any atom is -0.372 e. The van der Waals surface area contributed by atoms with Gasteiger partial charge >= 0.3 is 0 Å². The fraction of sp³-hybridized carbons (Fsp3) is 0.875. The zero-order chi connectivity index (χ0) is 14.1. The molecule has 3 heteroatoms. The zero-order valence-electron chi connectivity index (χ0n) is 13.0. The Morgan fingerprint density at radius 3 is 2.79 bits per heavy atom. The first-order valence-corrected chi connectivity index (χ1v) is 7.77. The van der Waals surface area contributed by atoms with E-state index in [1.807, 2.05) is 6.08 Å². The fourth-order valence-electron chi connectivity index (χ4n) is 2.54. The third-order valence-corrected chi connectivity index (χ3v) is 3.58. The number of rotatable bonds is 10. The summed E-state index contributed by atoms with van der Waals surface area (Å²) in [4.78, 5) is 2.39. The van der Waals surface area contributed by atoms with Gasteiger partial charge in [0.05, 0.1) is 12.2 Å². The third kappa shape index (κ3) is 7.71. The van der Waals surface area contributed by atoms with Crippen LogP contribution in [-0.4, -0.2) is 50.3 Å². The van der Waals surface area contributed by atoms with Gasteiger partial charge in [-0.3, -0.25) is 0 Å². The van der Waals surface area contributed by atoms with Crippen molar-refractivity contribution in [1.29, 1.82) is 0 Å². The van der Waals surface area contributed by atoms with Crippen molar-refractivity contribution in [2.24, 2.45) is 5.92 Å². The van der Waals surface area contributed by atoms with Crippen molar-refractivity contribution in [2.45, 2.75) is 51.7 Å². The fourth-order valence-corrected chi connectivity index (χ4v) is 2.54. The molecule has 112 valence electrons. The van der Waals surface area contributed by atoms with E-state index in [9.17, 15) is 0 Å². The molecule has 0 aromatic carbocycles. The van der Waals surface area contributed by atoms with E-state index in [4.69, 9.17) is 4.74 Å². The van der Waals surface area contributed by atoms with Crippen molar-refractivity contribution >= 4 is 0 Å². The van der Waals surface area contributed by atoms with Crippen LogP contribution in [0, 0.1) is 5.92 Å². The molecule has 1 heterocycles. The van der Waals surface area contributed by atoms with Crippen LogP contribution < -0.4 is 5.32 Å². The molecule has 0 radical (unpaired) electrons. The van der Waals surface area contributed by atoms with Crippen LogP contribution in [-0.2, 0) is 4.74 Å².